The van der Waals surface area contributed by atoms with E-state index in [1.54, 1.807) is 11.8 Å². The van der Waals surface area contributed by atoms with Gasteiger partial charge in [-0.1, -0.05) is 6.92 Å². The number of aromatic amines is 1. The molecule has 2 saturated heterocycles. The van der Waals surface area contributed by atoms with Gasteiger partial charge >= 0.3 is 5.97 Å². The summed E-state index contributed by atoms with van der Waals surface area (Å²) in [5, 5.41) is 0. The van der Waals surface area contributed by atoms with Crippen LogP contribution in [-0.4, -0.2) is 45.4 Å². The number of hydrogen-bond acceptors (Lipinski definition) is 5. The fraction of sp³-hybridized carbons (Fsp3) is 0.625. The zero-order valence-corrected chi connectivity index (χ0v) is 13.4. The van der Waals surface area contributed by atoms with Gasteiger partial charge in [-0.25, -0.2) is 4.98 Å². The number of amides is 1. The number of esters is 1. The maximum Gasteiger partial charge on any atom is 0.314 e. The monoisotopic (exact) mass is 319 g/mol. The zero-order valence-electron chi connectivity index (χ0n) is 13.4. The Morgan fingerprint density at radius 2 is 2.22 bits per heavy atom. The molecule has 1 aromatic rings. The van der Waals surface area contributed by atoms with Gasteiger partial charge in [-0.3, -0.25) is 14.4 Å². The highest BCUT2D eigenvalue weighted by molar-refractivity contribution is 5.94. The van der Waals surface area contributed by atoms with Crippen molar-refractivity contribution >= 4 is 11.9 Å². The van der Waals surface area contributed by atoms with E-state index in [1.165, 1.54) is 6.20 Å². The maximum atomic E-state index is 12.8. The van der Waals surface area contributed by atoms with Gasteiger partial charge in [0.05, 0.1) is 18.2 Å². The fourth-order valence-corrected chi connectivity index (χ4v) is 4.10. The summed E-state index contributed by atoms with van der Waals surface area (Å²) < 4.78 is 5.28. The number of rotatable bonds is 4. The molecule has 1 amide bonds. The molecule has 2 aliphatic rings. The summed E-state index contributed by atoms with van der Waals surface area (Å²) in [6, 6.07) is -0.122. The van der Waals surface area contributed by atoms with Crippen molar-refractivity contribution in [3.63, 3.8) is 0 Å². The minimum atomic E-state index is -0.614. The number of fused-ring (bicyclic) bond motifs is 2. The molecule has 0 spiro atoms. The van der Waals surface area contributed by atoms with Crippen LogP contribution in [-0.2, 0) is 9.53 Å². The molecule has 0 aromatic carbocycles. The van der Waals surface area contributed by atoms with Crippen LogP contribution in [0.2, 0.25) is 0 Å². The Morgan fingerprint density at radius 3 is 2.83 bits per heavy atom. The smallest absolute Gasteiger partial charge is 0.314 e. The molecular weight excluding hydrogens is 298 g/mol. The number of nitrogens with one attached hydrogen (secondary N) is 1. The lowest BCUT2D eigenvalue weighted by atomic mass is 9.72. The summed E-state index contributed by atoms with van der Waals surface area (Å²) in [6.45, 7) is 4.10. The molecular formula is C16H21N3O4. The Bertz CT molecular complexity index is 666. The van der Waals surface area contributed by atoms with E-state index in [1.807, 2.05) is 6.92 Å². The number of hydrogen-bond donors (Lipinski definition) is 1. The molecule has 0 aliphatic carbocycles. The molecule has 2 fully saturated rings. The van der Waals surface area contributed by atoms with Gasteiger partial charge in [-0.2, -0.15) is 0 Å². The van der Waals surface area contributed by atoms with Crippen LogP contribution in [0.1, 0.15) is 50.0 Å². The summed E-state index contributed by atoms with van der Waals surface area (Å²) in [5.74, 6) is -0.435. The third-order valence-corrected chi connectivity index (χ3v) is 5.18. The Hall–Kier alpha value is -2.18. The minimum Gasteiger partial charge on any atom is -0.466 e. The van der Waals surface area contributed by atoms with Crippen LogP contribution < -0.4 is 5.56 Å². The van der Waals surface area contributed by atoms with Crippen LogP contribution in [0.4, 0.5) is 0 Å². The molecule has 3 heterocycles. The molecule has 23 heavy (non-hydrogen) atoms. The second kappa shape index (κ2) is 5.79. The Labute approximate surface area is 134 Å². The summed E-state index contributed by atoms with van der Waals surface area (Å²) in [4.78, 5) is 44.6. The summed E-state index contributed by atoms with van der Waals surface area (Å²) in [5.41, 5.74) is -0.755. The normalized spacial score (nSPS) is 28.9. The van der Waals surface area contributed by atoms with Gasteiger partial charge in [0.2, 0.25) is 0 Å². The van der Waals surface area contributed by atoms with Gasteiger partial charge in [0.15, 0.2) is 0 Å². The van der Waals surface area contributed by atoms with Gasteiger partial charge in [0.25, 0.3) is 11.5 Å². The predicted octanol–water partition coefficient (Wildman–Crippen LogP) is 1.11. The van der Waals surface area contributed by atoms with Gasteiger partial charge < -0.3 is 14.6 Å². The van der Waals surface area contributed by atoms with Crippen molar-refractivity contribution in [3.05, 3.63) is 28.4 Å². The van der Waals surface area contributed by atoms with Crippen molar-refractivity contribution in [2.45, 2.75) is 51.6 Å². The number of carbonyl (C=O) groups is 2. The van der Waals surface area contributed by atoms with Crippen molar-refractivity contribution in [1.82, 2.24) is 14.9 Å². The standard InChI is InChI=1S/C16H21N3O4/c1-3-16(15(22)23-4-2)7-10-5-6-12(16)19(10)14(21)11-8-18-13(20)9-17-11/h8-10,12H,3-7H2,1-2H3,(H,18,20)/t10-,12+,16+/m1/s1. The van der Waals surface area contributed by atoms with E-state index in [0.717, 1.165) is 19.0 Å². The molecule has 7 nitrogen and oxygen atoms in total. The summed E-state index contributed by atoms with van der Waals surface area (Å²) in [6.07, 6.45) is 5.41. The first-order valence-corrected chi connectivity index (χ1v) is 8.08. The van der Waals surface area contributed by atoms with Crippen LogP contribution in [0.5, 0.6) is 0 Å². The molecule has 2 aliphatic heterocycles. The first-order valence-electron chi connectivity index (χ1n) is 8.08. The van der Waals surface area contributed by atoms with Gasteiger partial charge in [0, 0.05) is 18.3 Å². The SMILES string of the molecule is CCOC(=O)[C@@]1(CC)C[C@H]2CC[C@@H]1N2C(=O)c1c[nH]c(=O)cn1. The number of carbonyl (C=O) groups excluding carboxylic acids is 2. The lowest BCUT2D eigenvalue weighted by Gasteiger charge is -2.34. The lowest BCUT2D eigenvalue weighted by molar-refractivity contribution is -0.157. The highest BCUT2D eigenvalue weighted by atomic mass is 16.5. The van der Waals surface area contributed by atoms with E-state index >= 15 is 0 Å². The summed E-state index contributed by atoms with van der Waals surface area (Å²) in [7, 11) is 0. The van der Waals surface area contributed by atoms with Crippen molar-refractivity contribution < 1.29 is 14.3 Å². The van der Waals surface area contributed by atoms with Gasteiger partial charge in [-0.15, -0.1) is 0 Å². The second-order valence-electron chi connectivity index (χ2n) is 6.19. The molecule has 3 atom stereocenters. The first kappa shape index (κ1) is 15.7. The predicted molar refractivity (Wildman–Crippen MR) is 81.8 cm³/mol. The fourth-order valence-electron chi connectivity index (χ4n) is 4.10. The third-order valence-electron chi connectivity index (χ3n) is 5.18. The lowest BCUT2D eigenvalue weighted by Crippen LogP contribution is -2.45. The number of nitrogens with zero attached hydrogens (tertiary/aromatic N) is 2. The first-order chi connectivity index (χ1) is 11.0. The molecule has 0 unspecified atom stereocenters. The quantitative estimate of drug-likeness (QED) is 0.839. The Kier molecular flexibility index (Phi) is 3.95. The van der Waals surface area contributed by atoms with Crippen LogP contribution in [0.3, 0.4) is 0 Å². The Morgan fingerprint density at radius 1 is 1.43 bits per heavy atom. The van der Waals surface area contributed by atoms with Crippen molar-refractivity contribution in [3.8, 4) is 0 Å². The van der Waals surface area contributed by atoms with Gasteiger partial charge in [0.1, 0.15) is 5.69 Å². The average molecular weight is 319 g/mol. The highest BCUT2D eigenvalue weighted by Gasteiger charge is 2.61. The maximum absolute atomic E-state index is 12.8. The van der Waals surface area contributed by atoms with E-state index < -0.39 is 5.41 Å². The van der Waals surface area contributed by atoms with Crippen LogP contribution in [0.25, 0.3) is 0 Å². The molecule has 124 valence electrons. The number of ether oxygens (including phenoxy) is 1. The van der Waals surface area contributed by atoms with Crippen molar-refractivity contribution in [2.24, 2.45) is 5.41 Å². The van der Waals surface area contributed by atoms with E-state index in [2.05, 4.69) is 9.97 Å². The Balaban J connectivity index is 1.90. The average Bonchev–Trinajstić information content (AvgIpc) is 3.11. The van der Waals surface area contributed by atoms with E-state index in [9.17, 15) is 14.4 Å². The summed E-state index contributed by atoms with van der Waals surface area (Å²) >= 11 is 0. The largest absolute Gasteiger partial charge is 0.466 e. The van der Waals surface area contributed by atoms with E-state index in [-0.39, 0.29) is 35.2 Å². The van der Waals surface area contributed by atoms with Gasteiger partial charge in [-0.05, 0) is 32.6 Å². The minimum absolute atomic E-state index is 0.0329. The molecule has 7 heteroatoms. The molecule has 3 rings (SSSR count). The van der Waals surface area contributed by atoms with Crippen molar-refractivity contribution in [1.29, 1.82) is 0 Å². The molecule has 1 aromatic heterocycles. The molecule has 2 bridgehead atoms. The van der Waals surface area contributed by atoms with Crippen LogP contribution in [0, 0.1) is 5.41 Å². The van der Waals surface area contributed by atoms with E-state index in [0.29, 0.717) is 19.4 Å². The van der Waals surface area contributed by atoms with Crippen molar-refractivity contribution in [2.75, 3.05) is 6.61 Å². The topological polar surface area (TPSA) is 92.4 Å². The second-order valence-corrected chi connectivity index (χ2v) is 6.19. The number of aromatic nitrogens is 2. The number of H-pyrrole nitrogens is 1. The third kappa shape index (κ3) is 2.34. The zero-order chi connectivity index (χ0) is 16.6. The molecule has 0 radical (unpaired) electrons. The van der Waals surface area contributed by atoms with Crippen LogP contribution in [0.15, 0.2) is 17.2 Å². The molecule has 1 N–H and O–H groups in total. The highest BCUT2D eigenvalue weighted by Crippen LogP contribution is 2.52. The van der Waals surface area contributed by atoms with E-state index in [4.69, 9.17) is 4.74 Å². The van der Waals surface area contributed by atoms with Crippen LogP contribution >= 0.6 is 0 Å². The molecule has 0 saturated carbocycles.